The number of hydrogen-bond donors (Lipinski definition) is 1. The molecule has 25 heavy (non-hydrogen) atoms. The van der Waals surface area contributed by atoms with Crippen LogP contribution in [0.15, 0.2) is 16.9 Å². The molecule has 9 heteroatoms. The molecule has 0 spiro atoms. The molecule has 2 aromatic heterocycles. The second kappa shape index (κ2) is 8.89. The topological polar surface area (TPSA) is 95.3 Å². The van der Waals surface area contributed by atoms with Crippen LogP contribution in [0.1, 0.15) is 18.2 Å². The minimum absolute atomic E-state index is 0.160. The number of rotatable bonds is 8. The van der Waals surface area contributed by atoms with E-state index < -0.39 is 6.04 Å². The van der Waals surface area contributed by atoms with E-state index in [0.29, 0.717) is 11.2 Å². The Labute approximate surface area is 150 Å². The average molecular weight is 369 g/mol. The molecule has 8 nitrogen and oxygen atoms in total. The SMILES string of the molecule is CNC(=O)CCc1nc2ccc(Cl)nc2n(C(COC)COC)c1=O. The fraction of sp³-hybridized carbons (Fsp3) is 0.500. The third-order valence-corrected chi connectivity index (χ3v) is 3.93. The van der Waals surface area contributed by atoms with E-state index in [1.54, 1.807) is 33.4 Å². The van der Waals surface area contributed by atoms with Gasteiger partial charge >= 0.3 is 0 Å². The molecule has 0 aliphatic heterocycles. The zero-order chi connectivity index (χ0) is 18.4. The molecule has 0 bridgehead atoms. The van der Waals surface area contributed by atoms with Crippen LogP contribution in [0.4, 0.5) is 0 Å². The highest BCUT2D eigenvalue weighted by Crippen LogP contribution is 2.17. The molecule has 2 rings (SSSR count). The minimum atomic E-state index is -0.391. The van der Waals surface area contributed by atoms with Gasteiger partial charge in [-0.2, -0.15) is 0 Å². The van der Waals surface area contributed by atoms with E-state index >= 15 is 0 Å². The zero-order valence-corrected chi connectivity index (χ0v) is 15.2. The Kier molecular flexibility index (Phi) is 6.86. The van der Waals surface area contributed by atoms with Crippen LogP contribution >= 0.6 is 11.6 Å². The van der Waals surface area contributed by atoms with Crippen LogP contribution in [0.5, 0.6) is 0 Å². The van der Waals surface area contributed by atoms with Gasteiger partial charge in [-0.15, -0.1) is 0 Å². The van der Waals surface area contributed by atoms with Crippen LogP contribution in [0.2, 0.25) is 5.15 Å². The Hall–Kier alpha value is -2.03. The van der Waals surface area contributed by atoms with Gasteiger partial charge in [0.25, 0.3) is 5.56 Å². The van der Waals surface area contributed by atoms with Gasteiger partial charge in [0.05, 0.1) is 19.3 Å². The number of ether oxygens (including phenoxy) is 2. The Morgan fingerprint density at radius 1 is 1.28 bits per heavy atom. The number of nitrogens with one attached hydrogen (secondary N) is 1. The van der Waals surface area contributed by atoms with E-state index in [1.165, 1.54) is 4.57 Å². The molecule has 0 aliphatic carbocycles. The Morgan fingerprint density at radius 3 is 2.56 bits per heavy atom. The maximum atomic E-state index is 13.0. The lowest BCUT2D eigenvalue weighted by Gasteiger charge is -2.20. The average Bonchev–Trinajstić information content (AvgIpc) is 2.60. The molecule has 0 aliphatic rings. The third-order valence-electron chi connectivity index (χ3n) is 3.72. The number of carbonyl (C=O) groups is 1. The molecule has 0 atom stereocenters. The van der Waals surface area contributed by atoms with Gasteiger partial charge in [-0.3, -0.25) is 14.2 Å². The highest BCUT2D eigenvalue weighted by Gasteiger charge is 2.20. The van der Waals surface area contributed by atoms with Gasteiger partial charge in [-0.05, 0) is 12.1 Å². The number of pyridine rings is 1. The molecular formula is C16H21ClN4O4. The predicted molar refractivity (Wildman–Crippen MR) is 94.0 cm³/mol. The van der Waals surface area contributed by atoms with Crippen LogP contribution in [-0.4, -0.2) is 54.9 Å². The molecule has 0 aromatic carbocycles. The summed E-state index contributed by atoms with van der Waals surface area (Å²) in [6.07, 6.45) is 0.397. The first-order valence-electron chi connectivity index (χ1n) is 7.78. The molecule has 136 valence electrons. The quantitative estimate of drug-likeness (QED) is 0.697. The molecule has 0 saturated heterocycles. The van der Waals surface area contributed by atoms with E-state index in [9.17, 15) is 9.59 Å². The van der Waals surface area contributed by atoms with Crippen LogP contribution in [-0.2, 0) is 20.7 Å². The number of methoxy groups -OCH3 is 2. The molecule has 1 N–H and O–H groups in total. The van der Waals surface area contributed by atoms with Gasteiger partial charge in [0.2, 0.25) is 5.91 Å². The number of nitrogens with zero attached hydrogens (tertiary/aromatic N) is 3. The van der Waals surface area contributed by atoms with Crippen molar-refractivity contribution in [2.45, 2.75) is 18.9 Å². The first-order valence-corrected chi connectivity index (χ1v) is 8.15. The second-order valence-corrected chi connectivity index (χ2v) is 5.84. The lowest BCUT2D eigenvalue weighted by molar-refractivity contribution is -0.120. The molecule has 0 saturated carbocycles. The van der Waals surface area contributed by atoms with Crippen molar-refractivity contribution in [2.24, 2.45) is 0 Å². The summed E-state index contributed by atoms with van der Waals surface area (Å²) in [5.41, 5.74) is 0.844. The summed E-state index contributed by atoms with van der Waals surface area (Å²) in [6, 6.07) is 2.91. The van der Waals surface area contributed by atoms with Crippen molar-refractivity contribution >= 4 is 28.7 Å². The molecular weight excluding hydrogens is 348 g/mol. The maximum Gasteiger partial charge on any atom is 0.274 e. The molecule has 2 aromatic rings. The van der Waals surface area contributed by atoms with Crippen molar-refractivity contribution in [1.82, 2.24) is 19.9 Å². The van der Waals surface area contributed by atoms with Gasteiger partial charge in [0, 0.05) is 34.1 Å². The monoisotopic (exact) mass is 368 g/mol. The fourth-order valence-electron chi connectivity index (χ4n) is 2.55. The molecule has 1 amide bonds. The second-order valence-electron chi connectivity index (χ2n) is 5.45. The van der Waals surface area contributed by atoms with E-state index in [4.69, 9.17) is 21.1 Å². The smallest absolute Gasteiger partial charge is 0.274 e. The van der Waals surface area contributed by atoms with Crippen molar-refractivity contribution < 1.29 is 14.3 Å². The summed E-state index contributed by atoms with van der Waals surface area (Å²) in [5, 5.41) is 2.79. The lowest BCUT2D eigenvalue weighted by Crippen LogP contribution is -2.34. The summed E-state index contributed by atoms with van der Waals surface area (Å²) in [7, 11) is 4.64. The molecule has 0 radical (unpaired) electrons. The number of carbonyl (C=O) groups excluding carboxylic acids is 1. The van der Waals surface area contributed by atoms with E-state index in [-0.39, 0.29) is 48.4 Å². The van der Waals surface area contributed by atoms with E-state index in [1.807, 2.05) is 0 Å². The zero-order valence-electron chi connectivity index (χ0n) is 14.4. The number of hydrogen-bond acceptors (Lipinski definition) is 6. The van der Waals surface area contributed by atoms with E-state index in [0.717, 1.165) is 0 Å². The largest absolute Gasteiger partial charge is 0.382 e. The van der Waals surface area contributed by atoms with E-state index in [2.05, 4.69) is 15.3 Å². The van der Waals surface area contributed by atoms with Crippen LogP contribution in [0, 0.1) is 0 Å². The van der Waals surface area contributed by atoms with Crippen molar-refractivity contribution in [3.8, 4) is 0 Å². The summed E-state index contributed by atoms with van der Waals surface area (Å²) in [6.45, 7) is 0.520. The number of aromatic nitrogens is 3. The summed E-state index contributed by atoms with van der Waals surface area (Å²) >= 11 is 5.99. The summed E-state index contributed by atoms with van der Waals surface area (Å²) in [5.74, 6) is -0.160. The maximum absolute atomic E-state index is 13.0. The van der Waals surface area contributed by atoms with Crippen LogP contribution < -0.4 is 10.9 Å². The first kappa shape index (κ1) is 19.3. The van der Waals surface area contributed by atoms with Gasteiger partial charge in [0.15, 0.2) is 5.65 Å². The Bertz CT molecular complexity index is 803. The van der Waals surface area contributed by atoms with Gasteiger partial charge in [0.1, 0.15) is 16.4 Å². The van der Waals surface area contributed by atoms with Gasteiger partial charge in [-0.25, -0.2) is 9.97 Å². The molecule has 0 unspecified atom stereocenters. The number of halogens is 1. The van der Waals surface area contributed by atoms with Crippen molar-refractivity contribution in [3.05, 3.63) is 33.3 Å². The Balaban J connectivity index is 2.61. The van der Waals surface area contributed by atoms with Gasteiger partial charge < -0.3 is 14.8 Å². The Morgan fingerprint density at radius 2 is 1.96 bits per heavy atom. The highest BCUT2D eigenvalue weighted by atomic mass is 35.5. The van der Waals surface area contributed by atoms with Gasteiger partial charge in [-0.1, -0.05) is 11.6 Å². The summed E-state index contributed by atoms with van der Waals surface area (Å²) in [4.78, 5) is 33.1. The van der Waals surface area contributed by atoms with Crippen LogP contribution in [0.3, 0.4) is 0 Å². The number of amides is 1. The highest BCUT2D eigenvalue weighted by molar-refractivity contribution is 6.29. The number of fused-ring (bicyclic) bond motifs is 1. The molecule has 2 heterocycles. The lowest BCUT2D eigenvalue weighted by atomic mass is 10.2. The standard InChI is InChI=1S/C16H21ClN4O4/c1-18-14(22)7-5-12-16(23)21(10(8-24-2)9-25-3)15-11(19-12)4-6-13(17)20-15/h4,6,10H,5,7-9H2,1-3H3,(H,18,22). The van der Waals surface area contributed by atoms with Crippen LogP contribution in [0.25, 0.3) is 11.2 Å². The summed E-state index contributed by atoms with van der Waals surface area (Å²) < 4.78 is 11.9. The fourth-order valence-corrected chi connectivity index (χ4v) is 2.69. The van der Waals surface area contributed by atoms with Crippen molar-refractivity contribution in [3.63, 3.8) is 0 Å². The first-order chi connectivity index (χ1) is 12.0. The normalized spacial score (nSPS) is 11.2. The predicted octanol–water partition coefficient (Wildman–Crippen LogP) is 0.957. The number of aryl methyl sites for hydroxylation is 1. The minimum Gasteiger partial charge on any atom is -0.382 e. The van der Waals surface area contributed by atoms with Crippen molar-refractivity contribution in [1.29, 1.82) is 0 Å². The third kappa shape index (κ3) is 4.53. The molecule has 0 fully saturated rings. The van der Waals surface area contributed by atoms with Crippen molar-refractivity contribution in [2.75, 3.05) is 34.5 Å².